The Morgan fingerprint density at radius 1 is 1.07 bits per heavy atom. The van der Waals surface area contributed by atoms with Crippen molar-refractivity contribution >= 4 is 0 Å². The number of nitrogens with zero attached hydrogens (tertiary/aromatic N) is 2. The van der Waals surface area contributed by atoms with Crippen LogP contribution in [0.15, 0.2) is 23.8 Å². The molecule has 1 spiro atoms. The van der Waals surface area contributed by atoms with Crippen LogP contribution in [0.1, 0.15) is 59.3 Å². The average Bonchev–Trinajstić information content (AvgIpc) is 3.15. The summed E-state index contributed by atoms with van der Waals surface area (Å²) in [7, 11) is 7.22. The zero-order valence-electron chi connectivity index (χ0n) is 19.2. The third-order valence-electron chi connectivity index (χ3n) is 11.0. The maximum atomic E-state index is 2.70. The van der Waals surface area contributed by atoms with Gasteiger partial charge in [-0.3, -0.25) is 0 Å². The highest BCUT2D eigenvalue weighted by Gasteiger charge is 2.63. The molecule has 1 aliphatic heterocycles. The van der Waals surface area contributed by atoms with Crippen molar-refractivity contribution in [1.82, 2.24) is 4.90 Å². The van der Waals surface area contributed by atoms with Crippen molar-refractivity contribution < 1.29 is 4.48 Å². The fourth-order valence-electron chi connectivity index (χ4n) is 8.73. The SMILES string of the molecule is CC[N+](C)(C)[C@H]1C=C2C=C[C@H]3[C@@H]4CC[C@@H]5[C@H](C)N(C)C[C@@]54CC[C@@H]3[C@]2(C)CC1. The number of likely N-dealkylation sites (tertiary alicyclic amines) is 1. The smallest absolute Gasteiger partial charge is 0.108 e. The molecule has 0 amide bonds. The fourth-order valence-corrected chi connectivity index (χ4v) is 8.73. The maximum Gasteiger partial charge on any atom is 0.108 e. The largest absolute Gasteiger partial charge is 0.323 e. The lowest BCUT2D eigenvalue weighted by Crippen LogP contribution is -2.53. The summed E-state index contributed by atoms with van der Waals surface area (Å²) in [5, 5.41) is 0. The third-order valence-corrected chi connectivity index (χ3v) is 11.0. The van der Waals surface area contributed by atoms with E-state index in [0.717, 1.165) is 34.2 Å². The first-order chi connectivity index (χ1) is 13.2. The monoisotopic (exact) mass is 383 g/mol. The molecule has 0 bridgehead atoms. The minimum Gasteiger partial charge on any atom is -0.323 e. The lowest BCUT2D eigenvalue weighted by Gasteiger charge is -2.57. The first-order valence-corrected chi connectivity index (χ1v) is 12.2. The van der Waals surface area contributed by atoms with E-state index in [1.54, 1.807) is 5.57 Å². The minimum atomic E-state index is 0.430. The van der Waals surface area contributed by atoms with E-state index in [1.807, 2.05) is 0 Å². The van der Waals surface area contributed by atoms with Crippen molar-refractivity contribution in [2.24, 2.45) is 34.5 Å². The van der Waals surface area contributed by atoms with Gasteiger partial charge in [-0.1, -0.05) is 19.1 Å². The Balaban J connectivity index is 1.48. The standard InChI is InChI=1S/C26H43N2/c1-7-28(5,6)20-12-14-25(3)19(16-20)8-9-21-23(25)13-15-26-17-27(4)18(2)22(26)10-11-24(21)26/h8-9,16,18,20-24H,7,10-15,17H2,1-6H3/q+1/t18-,20+,21+,22+,23-,24-,25+,26-/m0/s1. The Bertz CT molecular complexity index is 705. The van der Waals surface area contributed by atoms with Crippen molar-refractivity contribution in [2.45, 2.75) is 71.4 Å². The molecule has 4 aliphatic carbocycles. The van der Waals surface area contributed by atoms with E-state index in [9.17, 15) is 0 Å². The Morgan fingerprint density at radius 2 is 1.82 bits per heavy atom. The lowest BCUT2D eigenvalue weighted by atomic mass is 9.48. The van der Waals surface area contributed by atoms with Gasteiger partial charge in [0.1, 0.15) is 6.04 Å². The summed E-state index contributed by atoms with van der Waals surface area (Å²) < 4.78 is 1.14. The van der Waals surface area contributed by atoms with Gasteiger partial charge in [-0.25, -0.2) is 0 Å². The number of hydrogen-bond acceptors (Lipinski definition) is 1. The molecular weight excluding hydrogens is 340 g/mol. The van der Waals surface area contributed by atoms with E-state index in [1.165, 1.54) is 51.6 Å². The number of allylic oxidation sites excluding steroid dienone is 3. The molecule has 2 saturated carbocycles. The quantitative estimate of drug-likeness (QED) is 0.598. The van der Waals surface area contributed by atoms with E-state index in [2.05, 4.69) is 65.0 Å². The first-order valence-electron chi connectivity index (χ1n) is 12.2. The number of quaternary nitrogens is 1. The summed E-state index contributed by atoms with van der Waals surface area (Å²) in [5.74, 6) is 3.63. The number of likely N-dealkylation sites (N-methyl/N-ethyl adjacent to an activating group) is 1. The van der Waals surface area contributed by atoms with E-state index in [0.29, 0.717) is 16.9 Å². The van der Waals surface area contributed by atoms with Crippen LogP contribution in [0.5, 0.6) is 0 Å². The van der Waals surface area contributed by atoms with Gasteiger partial charge in [-0.2, -0.15) is 0 Å². The van der Waals surface area contributed by atoms with Crippen LogP contribution in [-0.4, -0.2) is 55.7 Å². The molecule has 8 atom stereocenters. The molecule has 0 aromatic carbocycles. The zero-order chi connectivity index (χ0) is 19.9. The Labute approximate surface area is 173 Å². The molecule has 0 aromatic rings. The molecule has 2 heteroatoms. The minimum absolute atomic E-state index is 0.430. The van der Waals surface area contributed by atoms with Crippen molar-refractivity contribution in [3.63, 3.8) is 0 Å². The molecule has 1 heterocycles. The number of rotatable bonds is 2. The molecular formula is C26H43N2+. The predicted octanol–water partition coefficient (Wildman–Crippen LogP) is 5.12. The predicted molar refractivity (Wildman–Crippen MR) is 118 cm³/mol. The Hall–Kier alpha value is -0.600. The second kappa shape index (κ2) is 6.20. The van der Waals surface area contributed by atoms with Crippen LogP contribution in [0.2, 0.25) is 0 Å². The zero-order valence-corrected chi connectivity index (χ0v) is 19.2. The van der Waals surface area contributed by atoms with Crippen LogP contribution < -0.4 is 0 Å². The van der Waals surface area contributed by atoms with E-state index < -0.39 is 0 Å². The summed E-state index contributed by atoms with van der Waals surface area (Å²) in [6, 6.07) is 1.49. The topological polar surface area (TPSA) is 3.24 Å². The van der Waals surface area contributed by atoms with Gasteiger partial charge in [0.2, 0.25) is 0 Å². The fraction of sp³-hybridized carbons (Fsp3) is 0.846. The summed E-state index contributed by atoms with van der Waals surface area (Å²) >= 11 is 0. The molecule has 0 unspecified atom stereocenters. The van der Waals surface area contributed by atoms with Gasteiger partial charge >= 0.3 is 0 Å². The highest BCUT2D eigenvalue weighted by atomic mass is 15.3. The van der Waals surface area contributed by atoms with Crippen LogP contribution in [-0.2, 0) is 0 Å². The first kappa shape index (κ1) is 19.4. The third kappa shape index (κ3) is 2.40. The Kier molecular flexibility index (Phi) is 4.29. The van der Waals surface area contributed by atoms with Crippen molar-refractivity contribution in [1.29, 1.82) is 0 Å². The molecule has 3 fully saturated rings. The van der Waals surface area contributed by atoms with Gasteiger partial charge in [0.05, 0.1) is 20.6 Å². The lowest BCUT2D eigenvalue weighted by molar-refractivity contribution is -0.907. The van der Waals surface area contributed by atoms with Crippen molar-refractivity contribution in [3.8, 4) is 0 Å². The highest BCUT2D eigenvalue weighted by Crippen LogP contribution is 2.68. The van der Waals surface area contributed by atoms with Gasteiger partial charge in [-0.05, 0) is 99.1 Å². The van der Waals surface area contributed by atoms with Gasteiger partial charge in [0.25, 0.3) is 0 Å². The van der Waals surface area contributed by atoms with Crippen molar-refractivity contribution in [2.75, 3.05) is 34.2 Å². The van der Waals surface area contributed by atoms with Gasteiger partial charge in [0.15, 0.2) is 0 Å². The molecule has 0 aromatic heterocycles. The molecule has 156 valence electrons. The summed E-state index contributed by atoms with van der Waals surface area (Å²) in [4.78, 5) is 2.69. The van der Waals surface area contributed by atoms with Crippen LogP contribution in [0.25, 0.3) is 0 Å². The Morgan fingerprint density at radius 3 is 2.57 bits per heavy atom. The maximum absolute atomic E-state index is 2.70. The molecule has 0 radical (unpaired) electrons. The second-order valence-corrected chi connectivity index (χ2v) is 12.0. The summed E-state index contributed by atoms with van der Waals surface area (Å²) in [6.07, 6.45) is 16.7. The van der Waals surface area contributed by atoms with E-state index >= 15 is 0 Å². The van der Waals surface area contributed by atoms with Gasteiger partial charge < -0.3 is 9.38 Å². The van der Waals surface area contributed by atoms with E-state index in [4.69, 9.17) is 0 Å². The average molecular weight is 384 g/mol. The normalized spacial score (nSPS) is 50.6. The van der Waals surface area contributed by atoms with E-state index in [-0.39, 0.29) is 0 Å². The molecule has 5 rings (SSSR count). The highest BCUT2D eigenvalue weighted by molar-refractivity contribution is 5.36. The van der Waals surface area contributed by atoms with Gasteiger partial charge in [0, 0.05) is 19.0 Å². The summed E-state index contributed by atoms with van der Waals surface area (Å²) in [5.41, 5.74) is 2.75. The molecule has 28 heavy (non-hydrogen) atoms. The second-order valence-electron chi connectivity index (χ2n) is 12.0. The van der Waals surface area contributed by atoms with Crippen LogP contribution in [0, 0.1) is 34.5 Å². The molecule has 0 N–H and O–H groups in total. The van der Waals surface area contributed by atoms with Crippen LogP contribution >= 0.6 is 0 Å². The number of fused-ring (bicyclic) bond motifs is 4. The van der Waals surface area contributed by atoms with Crippen molar-refractivity contribution in [3.05, 3.63) is 23.8 Å². The molecule has 5 aliphatic rings. The van der Waals surface area contributed by atoms with Crippen LogP contribution in [0.4, 0.5) is 0 Å². The summed E-state index contributed by atoms with van der Waals surface area (Å²) in [6.45, 7) is 10.1. The molecule has 1 saturated heterocycles. The molecule has 2 nitrogen and oxygen atoms in total. The van der Waals surface area contributed by atoms with Crippen LogP contribution in [0.3, 0.4) is 0 Å². The van der Waals surface area contributed by atoms with Gasteiger partial charge in [-0.15, -0.1) is 0 Å². The number of hydrogen-bond donors (Lipinski definition) is 0.